The van der Waals surface area contributed by atoms with E-state index in [1.807, 2.05) is 31.2 Å². The number of hydrogen-bond acceptors (Lipinski definition) is 5. The average Bonchev–Trinajstić information content (AvgIpc) is 3.45. The summed E-state index contributed by atoms with van der Waals surface area (Å²) in [4.78, 5) is 6.21. The second kappa shape index (κ2) is 10.4. The molecule has 0 unspecified atom stereocenters. The second-order valence-electron chi connectivity index (χ2n) is 9.20. The van der Waals surface area contributed by atoms with E-state index in [0.717, 1.165) is 44.9 Å². The van der Waals surface area contributed by atoms with Crippen LogP contribution in [-0.4, -0.2) is 15.2 Å². The Kier molecular flexibility index (Phi) is 6.93. The molecule has 3 N–H and O–H groups in total. The highest BCUT2D eigenvalue weighted by Crippen LogP contribution is 2.35. The molecule has 1 aliphatic rings. The van der Waals surface area contributed by atoms with Gasteiger partial charge in [0.05, 0.1) is 16.9 Å². The van der Waals surface area contributed by atoms with E-state index < -0.39 is 0 Å². The van der Waals surface area contributed by atoms with Gasteiger partial charge in [0.15, 0.2) is 0 Å². The molecule has 1 saturated carbocycles. The minimum Gasteiger partial charge on any atom is -0.359 e. The fourth-order valence-electron chi connectivity index (χ4n) is 4.30. The summed E-state index contributed by atoms with van der Waals surface area (Å²) in [6.07, 6.45) is 8.32. The molecular weight excluding hydrogens is 474 g/mol. The molecule has 3 heterocycles. The van der Waals surface area contributed by atoms with Crippen LogP contribution < -0.4 is 10.6 Å². The van der Waals surface area contributed by atoms with Gasteiger partial charge >= 0.3 is 0 Å². The van der Waals surface area contributed by atoms with E-state index in [9.17, 15) is 0 Å². The molecule has 0 amide bonds. The van der Waals surface area contributed by atoms with Crippen LogP contribution >= 0.6 is 11.3 Å². The summed E-state index contributed by atoms with van der Waals surface area (Å²) in [6, 6.07) is 14.5. The first-order chi connectivity index (χ1) is 18.0. The summed E-state index contributed by atoms with van der Waals surface area (Å²) < 4.78 is 0. The smallest absolute Gasteiger partial charge is 0.134 e. The Balaban J connectivity index is 1.42. The number of anilines is 1. The van der Waals surface area contributed by atoms with Gasteiger partial charge in [0.1, 0.15) is 11.2 Å². The van der Waals surface area contributed by atoms with Crippen LogP contribution in [0, 0.1) is 12.8 Å². The van der Waals surface area contributed by atoms with Gasteiger partial charge < -0.3 is 10.6 Å². The monoisotopic (exact) mass is 505 g/mol. The molecule has 37 heavy (non-hydrogen) atoms. The third-order valence-electron chi connectivity index (χ3n) is 6.61. The predicted octanol–water partition coefficient (Wildman–Crippen LogP) is 8.06. The summed E-state index contributed by atoms with van der Waals surface area (Å²) in [5.74, 6) is 0.563. The fraction of sp³-hybridized carbons (Fsp3) is 0.161. The molecule has 1 fully saturated rings. The lowest BCUT2D eigenvalue weighted by Gasteiger charge is -2.14. The van der Waals surface area contributed by atoms with Gasteiger partial charge in [-0.3, -0.25) is 5.10 Å². The fourth-order valence-corrected chi connectivity index (χ4v) is 5.11. The van der Waals surface area contributed by atoms with Gasteiger partial charge in [-0.15, -0.1) is 11.3 Å². The van der Waals surface area contributed by atoms with E-state index in [2.05, 4.69) is 89.3 Å². The third-order valence-corrected chi connectivity index (χ3v) is 7.52. The number of thiophene rings is 1. The first-order valence-electron chi connectivity index (χ1n) is 12.4. The topological polar surface area (TPSA) is 65.6 Å². The molecule has 3 aromatic heterocycles. The molecule has 0 spiro atoms. The third kappa shape index (κ3) is 5.20. The molecule has 0 atom stereocenters. The van der Waals surface area contributed by atoms with Gasteiger partial charge in [-0.1, -0.05) is 44.0 Å². The molecule has 5 nitrogen and oxygen atoms in total. The highest BCUT2D eigenvalue weighted by molar-refractivity contribution is 7.13. The van der Waals surface area contributed by atoms with Crippen LogP contribution in [0.25, 0.3) is 32.7 Å². The number of nitrogens with one attached hydrogen (secondary N) is 3. The van der Waals surface area contributed by atoms with Gasteiger partial charge in [-0.05, 0) is 91.1 Å². The Morgan fingerprint density at radius 1 is 1.14 bits per heavy atom. The minimum absolute atomic E-state index is 0.563. The number of benzene rings is 1. The summed E-state index contributed by atoms with van der Waals surface area (Å²) in [6.45, 7) is 16.6. The molecule has 0 bridgehead atoms. The Morgan fingerprint density at radius 3 is 2.68 bits per heavy atom. The first-order valence-corrected chi connectivity index (χ1v) is 13.3. The number of nitrogens with zero attached hydrogens (tertiary/aromatic N) is 2. The van der Waals surface area contributed by atoms with Crippen molar-refractivity contribution in [2.75, 3.05) is 5.32 Å². The maximum atomic E-state index is 4.97. The summed E-state index contributed by atoms with van der Waals surface area (Å²) >= 11 is 1.73. The van der Waals surface area contributed by atoms with E-state index in [1.165, 1.54) is 23.3 Å². The Bertz CT molecular complexity index is 1550. The highest BCUT2D eigenvalue weighted by atomic mass is 32.1. The number of fused-ring (bicyclic) bond motifs is 1. The van der Waals surface area contributed by atoms with Gasteiger partial charge in [0.2, 0.25) is 0 Å². The lowest BCUT2D eigenvalue weighted by atomic mass is 10.0. The normalized spacial score (nSPS) is 14.0. The van der Waals surface area contributed by atoms with Crippen molar-refractivity contribution >= 4 is 39.3 Å². The van der Waals surface area contributed by atoms with Gasteiger partial charge in [-0.25, -0.2) is 4.98 Å². The molecule has 6 heteroatoms. The van der Waals surface area contributed by atoms with Crippen LogP contribution in [0.2, 0.25) is 0 Å². The van der Waals surface area contributed by atoms with Crippen LogP contribution in [0.1, 0.15) is 36.7 Å². The van der Waals surface area contributed by atoms with Gasteiger partial charge in [-0.2, -0.15) is 5.10 Å². The number of hydrogen-bond donors (Lipinski definition) is 3. The zero-order chi connectivity index (χ0) is 25.9. The SMILES string of the molecule is C=C/C(=C\C(=C/C)c1ccc2[nH]nc(C(=C)Nc3cccc(-c4cccs4)c3C)c2n1)NC(=C)C1CC1. The largest absolute Gasteiger partial charge is 0.359 e. The first kappa shape index (κ1) is 24.5. The van der Waals surface area contributed by atoms with Crippen molar-refractivity contribution in [1.82, 2.24) is 20.5 Å². The molecule has 0 radical (unpaired) electrons. The Hall–Kier alpha value is -4.16. The summed E-state index contributed by atoms with van der Waals surface area (Å²) in [5, 5.41) is 16.6. The lowest BCUT2D eigenvalue weighted by molar-refractivity contribution is 0.865. The van der Waals surface area contributed by atoms with Crippen molar-refractivity contribution in [1.29, 1.82) is 0 Å². The lowest BCUT2D eigenvalue weighted by Crippen LogP contribution is -2.12. The second-order valence-corrected chi connectivity index (χ2v) is 10.1. The number of aromatic amines is 1. The highest BCUT2D eigenvalue weighted by Gasteiger charge is 2.24. The Morgan fingerprint density at radius 2 is 1.97 bits per heavy atom. The van der Waals surface area contributed by atoms with Crippen LogP contribution in [0.4, 0.5) is 5.69 Å². The quantitative estimate of drug-likeness (QED) is 0.191. The Labute approximate surface area is 222 Å². The van der Waals surface area contributed by atoms with Crippen molar-refractivity contribution in [2.24, 2.45) is 5.92 Å². The molecule has 0 aliphatic heterocycles. The molecule has 1 aliphatic carbocycles. The minimum atomic E-state index is 0.563. The van der Waals surface area contributed by atoms with Crippen LogP contribution in [0.3, 0.4) is 0 Å². The summed E-state index contributed by atoms with van der Waals surface area (Å²) in [5.41, 5.74) is 10.2. The predicted molar refractivity (Wildman–Crippen MR) is 158 cm³/mol. The zero-order valence-electron chi connectivity index (χ0n) is 21.3. The van der Waals surface area contributed by atoms with Gasteiger partial charge in [0, 0.05) is 22.0 Å². The molecule has 4 aromatic rings. The van der Waals surface area contributed by atoms with Crippen molar-refractivity contribution in [2.45, 2.75) is 26.7 Å². The van der Waals surface area contributed by atoms with Crippen molar-refractivity contribution < 1.29 is 0 Å². The van der Waals surface area contributed by atoms with Gasteiger partial charge in [0.25, 0.3) is 0 Å². The molecule has 0 saturated heterocycles. The van der Waals surface area contributed by atoms with Crippen LogP contribution in [-0.2, 0) is 0 Å². The zero-order valence-corrected chi connectivity index (χ0v) is 22.1. The van der Waals surface area contributed by atoms with E-state index >= 15 is 0 Å². The number of H-pyrrole nitrogens is 1. The molecule has 5 rings (SSSR count). The molecule has 186 valence electrons. The van der Waals surface area contributed by atoms with Crippen molar-refractivity contribution in [3.8, 4) is 10.4 Å². The molecular formula is C31H31N5S. The average molecular weight is 506 g/mol. The maximum absolute atomic E-state index is 4.97. The number of rotatable bonds is 10. The molecule has 1 aromatic carbocycles. The number of allylic oxidation sites excluding steroid dienone is 5. The van der Waals surface area contributed by atoms with Crippen molar-refractivity contribution in [3.63, 3.8) is 0 Å². The standard InChI is InChI=1S/C31H31N5S/c1-6-22(18-24(7-2)32-20(4)23-13-14-23)27-15-16-28-31(34-27)30(36-35-28)21(5)33-26-11-8-10-25(19(26)3)29-12-9-17-37-29/h6-12,15-18,23,32-33H,2,4-5,13-14H2,1,3H3,(H,35,36)/b22-6+,24-18+. The van der Waals surface area contributed by atoms with E-state index in [0.29, 0.717) is 17.3 Å². The van der Waals surface area contributed by atoms with E-state index in [4.69, 9.17) is 4.98 Å². The van der Waals surface area contributed by atoms with Crippen molar-refractivity contribution in [3.05, 3.63) is 114 Å². The van der Waals surface area contributed by atoms with Crippen LogP contribution in [0.5, 0.6) is 0 Å². The van der Waals surface area contributed by atoms with E-state index in [1.54, 1.807) is 11.3 Å². The maximum Gasteiger partial charge on any atom is 0.134 e. The summed E-state index contributed by atoms with van der Waals surface area (Å²) in [7, 11) is 0. The van der Waals surface area contributed by atoms with Crippen LogP contribution in [0.15, 0.2) is 97.2 Å². The number of aromatic nitrogens is 3. The van der Waals surface area contributed by atoms with E-state index in [-0.39, 0.29) is 0 Å². The number of pyridine rings is 1.